The Balaban J connectivity index is 2.19. The highest BCUT2D eigenvalue weighted by Crippen LogP contribution is 2.35. The first-order chi connectivity index (χ1) is 10.2. The number of hydrogen-bond acceptors (Lipinski definition) is 5. The van der Waals surface area contributed by atoms with E-state index in [-0.39, 0.29) is 22.3 Å². The number of rotatable bonds is 5. The fourth-order valence-electron chi connectivity index (χ4n) is 1.91. The predicted octanol–water partition coefficient (Wildman–Crippen LogP) is 4.12. The lowest BCUT2D eigenvalue weighted by Gasteiger charge is -2.22. The summed E-state index contributed by atoms with van der Waals surface area (Å²) in [5.74, 6) is 1.08. The lowest BCUT2D eigenvalue weighted by atomic mass is 10.0. The summed E-state index contributed by atoms with van der Waals surface area (Å²) < 4.78 is 5.40. The molecule has 0 aliphatic heterocycles. The van der Waals surface area contributed by atoms with Crippen molar-refractivity contribution in [2.75, 3.05) is 11.9 Å². The number of hydrogen-bond donors (Lipinski definition) is 2. The second kappa shape index (κ2) is 6.16. The van der Waals surface area contributed by atoms with Gasteiger partial charge in [0.25, 0.3) is 5.69 Å². The zero-order chi connectivity index (χ0) is 16.5. The third-order valence-corrected chi connectivity index (χ3v) is 3.71. The average Bonchev–Trinajstić information content (AvgIpc) is 2.85. The number of nitro groups is 1. The van der Waals surface area contributed by atoms with Gasteiger partial charge in [-0.1, -0.05) is 23.2 Å². The van der Waals surface area contributed by atoms with Gasteiger partial charge >= 0.3 is 0 Å². The first-order valence-corrected chi connectivity index (χ1v) is 7.13. The van der Waals surface area contributed by atoms with E-state index in [1.165, 1.54) is 12.1 Å². The van der Waals surface area contributed by atoms with Gasteiger partial charge in [-0.2, -0.15) is 0 Å². The quantitative estimate of drug-likeness (QED) is 0.628. The summed E-state index contributed by atoms with van der Waals surface area (Å²) in [5.41, 5.74) is -1.17. The molecule has 6 nitrogen and oxygen atoms in total. The summed E-state index contributed by atoms with van der Waals surface area (Å²) in [6.45, 7) is 3.42. The van der Waals surface area contributed by atoms with Gasteiger partial charge in [-0.05, 0) is 26.0 Å². The number of non-ortho nitro benzene ring substituents is 1. The summed E-state index contributed by atoms with van der Waals surface area (Å²) in [7, 11) is 0. The lowest BCUT2D eigenvalue weighted by molar-refractivity contribution is -0.384. The molecular weight excluding hydrogens is 331 g/mol. The third kappa shape index (κ3) is 3.52. The number of halogens is 2. The highest BCUT2D eigenvalue weighted by molar-refractivity contribution is 6.39. The molecule has 1 unspecified atom stereocenters. The van der Waals surface area contributed by atoms with Crippen LogP contribution in [0.2, 0.25) is 10.0 Å². The van der Waals surface area contributed by atoms with Gasteiger partial charge < -0.3 is 14.8 Å². The molecule has 1 heterocycles. The van der Waals surface area contributed by atoms with Crippen molar-refractivity contribution in [1.29, 1.82) is 0 Å². The van der Waals surface area contributed by atoms with Crippen LogP contribution >= 0.6 is 23.2 Å². The summed E-state index contributed by atoms with van der Waals surface area (Å²) in [6.07, 6.45) is 0. The van der Waals surface area contributed by atoms with Gasteiger partial charge in [-0.25, -0.2) is 0 Å². The van der Waals surface area contributed by atoms with E-state index in [4.69, 9.17) is 27.6 Å². The van der Waals surface area contributed by atoms with Gasteiger partial charge in [-0.3, -0.25) is 10.1 Å². The van der Waals surface area contributed by atoms with Crippen LogP contribution in [0.25, 0.3) is 0 Å². The zero-order valence-electron chi connectivity index (χ0n) is 11.9. The Labute approximate surface area is 136 Å². The Morgan fingerprint density at radius 3 is 2.41 bits per heavy atom. The van der Waals surface area contributed by atoms with Gasteiger partial charge in [-0.15, -0.1) is 0 Å². The number of aryl methyl sites for hydroxylation is 1. The summed E-state index contributed by atoms with van der Waals surface area (Å²) in [5, 5.41) is 24.3. The molecule has 0 saturated heterocycles. The Bertz CT molecular complexity index is 690. The Morgan fingerprint density at radius 2 is 1.95 bits per heavy atom. The maximum Gasteiger partial charge on any atom is 0.272 e. The Hall–Kier alpha value is -1.76. The van der Waals surface area contributed by atoms with Crippen LogP contribution in [0.4, 0.5) is 11.4 Å². The average molecular weight is 345 g/mol. The van der Waals surface area contributed by atoms with E-state index in [0.717, 1.165) is 0 Å². The minimum absolute atomic E-state index is 0.0667. The van der Waals surface area contributed by atoms with E-state index in [9.17, 15) is 15.2 Å². The van der Waals surface area contributed by atoms with Gasteiger partial charge in [0.1, 0.15) is 17.1 Å². The molecule has 1 aromatic carbocycles. The number of nitro benzene ring substituents is 1. The first-order valence-electron chi connectivity index (χ1n) is 6.37. The third-order valence-electron chi connectivity index (χ3n) is 3.12. The van der Waals surface area contributed by atoms with Crippen molar-refractivity contribution < 1.29 is 14.4 Å². The summed E-state index contributed by atoms with van der Waals surface area (Å²) in [6, 6.07) is 5.81. The Morgan fingerprint density at radius 1 is 1.36 bits per heavy atom. The molecule has 0 fully saturated rings. The van der Waals surface area contributed by atoms with Crippen LogP contribution in [0, 0.1) is 17.0 Å². The number of anilines is 1. The van der Waals surface area contributed by atoms with E-state index < -0.39 is 10.5 Å². The van der Waals surface area contributed by atoms with Gasteiger partial charge in [0.15, 0.2) is 0 Å². The molecule has 0 spiro atoms. The van der Waals surface area contributed by atoms with Crippen molar-refractivity contribution in [1.82, 2.24) is 0 Å². The van der Waals surface area contributed by atoms with Crippen LogP contribution in [-0.4, -0.2) is 16.6 Å². The highest BCUT2D eigenvalue weighted by atomic mass is 35.5. The fraction of sp³-hybridized carbons (Fsp3) is 0.286. The molecule has 0 saturated carbocycles. The molecule has 1 atom stereocenters. The number of nitrogens with one attached hydrogen (secondary N) is 1. The SMILES string of the molecule is Cc1ccc(C(C)(O)CNc2c(Cl)cc([N+](=O)[O-])cc2Cl)o1. The molecule has 1 aromatic heterocycles. The molecule has 0 aliphatic rings. The van der Waals surface area contributed by atoms with Crippen LogP contribution < -0.4 is 5.32 Å². The summed E-state index contributed by atoms with van der Waals surface area (Å²) >= 11 is 12.0. The molecule has 8 heteroatoms. The fourth-order valence-corrected chi connectivity index (χ4v) is 2.51. The number of benzene rings is 1. The van der Waals surface area contributed by atoms with Crippen LogP contribution in [-0.2, 0) is 5.60 Å². The van der Waals surface area contributed by atoms with E-state index in [0.29, 0.717) is 17.2 Å². The Kier molecular flexibility index (Phi) is 4.65. The van der Waals surface area contributed by atoms with Crippen molar-refractivity contribution in [3.8, 4) is 0 Å². The molecule has 2 rings (SSSR count). The van der Waals surface area contributed by atoms with E-state index in [2.05, 4.69) is 5.32 Å². The first kappa shape index (κ1) is 16.6. The molecule has 22 heavy (non-hydrogen) atoms. The molecular formula is C14H14Cl2N2O4. The second-order valence-electron chi connectivity index (χ2n) is 5.08. The van der Waals surface area contributed by atoms with E-state index in [1.54, 1.807) is 26.0 Å². The van der Waals surface area contributed by atoms with Crippen LogP contribution in [0.5, 0.6) is 0 Å². The number of nitrogens with zero attached hydrogens (tertiary/aromatic N) is 1. The summed E-state index contributed by atoms with van der Waals surface area (Å²) in [4.78, 5) is 10.2. The van der Waals surface area contributed by atoms with Crippen molar-refractivity contribution in [2.45, 2.75) is 19.4 Å². The zero-order valence-corrected chi connectivity index (χ0v) is 13.4. The largest absolute Gasteiger partial charge is 0.463 e. The van der Waals surface area contributed by atoms with E-state index in [1.807, 2.05) is 0 Å². The van der Waals surface area contributed by atoms with Crippen LogP contribution in [0.15, 0.2) is 28.7 Å². The highest BCUT2D eigenvalue weighted by Gasteiger charge is 2.27. The van der Waals surface area contributed by atoms with Crippen molar-refractivity contribution >= 4 is 34.6 Å². The monoisotopic (exact) mass is 344 g/mol. The number of aliphatic hydroxyl groups is 1. The van der Waals surface area contributed by atoms with Gasteiger partial charge in [0, 0.05) is 12.1 Å². The molecule has 0 bridgehead atoms. The standard InChI is InChI=1S/C14H14Cl2N2O4/c1-8-3-4-12(22-8)14(2,19)7-17-13-10(15)5-9(18(20)21)6-11(13)16/h3-6,17,19H,7H2,1-2H3. The maximum absolute atomic E-state index is 10.7. The second-order valence-corrected chi connectivity index (χ2v) is 5.89. The molecule has 0 aliphatic carbocycles. The smallest absolute Gasteiger partial charge is 0.272 e. The minimum atomic E-state index is -1.29. The number of furan rings is 1. The van der Waals surface area contributed by atoms with Crippen molar-refractivity contribution in [2.24, 2.45) is 0 Å². The lowest BCUT2D eigenvalue weighted by Crippen LogP contribution is -2.30. The molecule has 2 N–H and O–H groups in total. The molecule has 118 valence electrons. The molecule has 0 radical (unpaired) electrons. The van der Waals surface area contributed by atoms with Crippen molar-refractivity contribution in [3.63, 3.8) is 0 Å². The van der Waals surface area contributed by atoms with Crippen LogP contribution in [0.3, 0.4) is 0 Å². The topological polar surface area (TPSA) is 88.5 Å². The van der Waals surface area contributed by atoms with Crippen LogP contribution in [0.1, 0.15) is 18.4 Å². The normalized spacial score (nSPS) is 13.7. The molecule has 2 aromatic rings. The van der Waals surface area contributed by atoms with E-state index >= 15 is 0 Å². The van der Waals surface area contributed by atoms with Gasteiger partial charge in [0.05, 0.1) is 27.2 Å². The minimum Gasteiger partial charge on any atom is -0.463 e. The maximum atomic E-state index is 10.7. The predicted molar refractivity (Wildman–Crippen MR) is 84.6 cm³/mol. The molecule has 0 amide bonds. The van der Waals surface area contributed by atoms with Gasteiger partial charge in [0.2, 0.25) is 0 Å². The van der Waals surface area contributed by atoms with Crippen molar-refractivity contribution in [3.05, 3.63) is 55.9 Å².